The molecule has 2 unspecified atom stereocenters. The molecule has 5 aromatic rings. The number of aliphatic imine (C=N–C) groups is 2. The number of rotatable bonds is 27. The van der Waals surface area contributed by atoms with E-state index in [1.165, 1.54) is 19.3 Å². The maximum Gasteiger partial charge on any atom is 0.261 e. The molecule has 0 aromatic heterocycles. The van der Waals surface area contributed by atoms with E-state index in [0.29, 0.717) is 117 Å². The summed E-state index contributed by atoms with van der Waals surface area (Å²) < 4.78 is 42.0. The molecule has 2 atom stereocenters. The summed E-state index contributed by atoms with van der Waals surface area (Å²) in [5.74, 6) is 2.43. The van der Waals surface area contributed by atoms with Crippen molar-refractivity contribution in [2.75, 3.05) is 87.9 Å². The van der Waals surface area contributed by atoms with Gasteiger partial charge < -0.3 is 43.4 Å². The van der Waals surface area contributed by atoms with E-state index >= 15 is 0 Å². The molecule has 16 nitrogen and oxygen atoms in total. The van der Waals surface area contributed by atoms with Gasteiger partial charge in [-0.05, 0) is 97.8 Å². The molecule has 4 aliphatic heterocycles. The fourth-order valence-corrected chi connectivity index (χ4v) is 13.8. The largest absolute Gasteiger partial charge is 0.493 e. The molecule has 1 aliphatic carbocycles. The van der Waals surface area contributed by atoms with Crippen LogP contribution in [0.1, 0.15) is 102 Å². The highest BCUT2D eigenvalue weighted by Crippen LogP contribution is 2.44. The van der Waals surface area contributed by atoms with E-state index in [2.05, 4.69) is 54.4 Å². The lowest BCUT2D eigenvalue weighted by Gasteiger charge is -2.34. The Morgan fingerprint density at radius 1 is 0.679 bits per heavy atom. The summed E-state index contributed by atoms with van der Waals surface area (Å²) in [5.41, 5.74) is 8.52. The van der Waals surface area contributed by atoms with Crippen LogP contribution in [0.25, 0.3) is 0 Å². The summed E-state index contributed by atoms with van der Waals surface area (Å²) in [4.78, 5) is 57.1. The second-order valence-corrected chi connectivity index (χ2v) is 24.8. The van der Waals surface area contributed by atoms with Crippen molar-refractivity contribution in [3.8, 4) is 23.0 Å². The highest BCUT2D eigenvalue weighted by Gasteiger charge is 2.38. The minimum Gasteiger partial charge on any atom is -0.493 e. The molecular weight excluding hydrogens is 1060 g/mol. The number of para-hydroxylation sites is 2. The van der Waals surface area contributed by atoms with Gasteiger partial charge in [-0.1, -0.05) is 77.2 Å². The zero-order valence-electron chi connectivity index (χ0n) is 47.1. The van der Waals surface area contributed by atoms with Crippen molar-refractivity contribution in [3.05, 3.63) is 124 Å². The maximum absolute atomic E-state index is 14.3. The first-order chi connectivity index (χ1) is 39.5. The first-order valence-corrected chi connectivity index (χ1v) is 30.5. The number of anilines is 3. The van der Waals surface area contributed by atoms with E-state index in [4.69, 9.17) is 43.1 Å². The van der Waals surface area contributed by atoms with Crippen LogP contribution in [0.15, 0.2) is 101 Å². The van der Waals surface area contributed by atoms with Gasteiger partial charge in [0.25, 0.3) is 11.8 Å². The van der Waals surface area contributed by atoms with Crippen molar-refractivity contribution in [1.29, 1.82) is 0 Å². The molecule has 3 amide bonds. The number of nitrogens with one attached hydrogen (secondary N) is 1. The van der Waals surface area contributed by atoms with Gasteiger partial charge in [0.05, 0.1) is 81.8 Å². The van der Waals surface area contributed by atoms with Crippen molar-refractivity contribution in [3.63, 3.8) is 0 Å². The molecular formula is C63H74N6O10S2. The Morgan fingerprint density at radius 2 is 1.22 bits per heavy atom. The minimum atomic E-state index is -0.240. The summed E-state index contributed by atoms with van der Waals surface area (Å²) in [5, 5.41) is 3.26. The third kappa shape index (κ3) is 14.0. The van der Waals surface area contributed by atoms with Crippen LogP contribution < -0.4 is 39.0 Å². The fourth-order valence-electron chi connectivity index (χ4n) is 11.3. The van der Waals surface area contributed by atoms with Crippen molar-refractivity contribution < 1.29 is 47.5 Å². The Bertz CT molecular complexity index is 2950. The van der Waals surface area contributed by atoms with Crippen molar-refractivity contribution in [1.82, 2.24) is 5.32 Å². The van der Waals surface area contributed by atoms with Crippen LogP contribution in [0.5, 0.6) is 23.0 Å². The van der Waals surface area contributed by atoms with Crippen molar-refractivity contribution in [2.45, 2.75) is 108 Å². The number of carbonyl (C=O) groups excluding carboxylic acids is 3. The van der Waals surface area contributed by atoms with E-state index in [0.717, 1.165) is 64.3 Å². The van der Waals surface area contributed by atoms with Crippen LogP contribution in [-0.2, 0) is 45.1 Å². The Hall–Kier alpha value is -6.57. The molecule has 1 N–H and O–H groups in total. The third-order valence-electron chi connectivity index (χ3n) is 15.2. The SMILES string of the molecule is COCCOCCOCCN(CC(C)(C)SSCCCC(=O)NC1CCCCC1)c1cc(COc2cc3c(cc2OC)C(=O)N2c4ccccc4CC2C=N3)cc(COc2cc3c(cc2OC)C(=O)N2c4ccccc4CC2C=N3)c1. The lowest BCUT2D eigenvalue weighted by atomic mass is 9.95. The highest BCUT2D eigenvalue weighted by molar-refractivity contribution is 8.77. The number of ether oxygens (including phenoxy) is 7. The van der Waals surface area contributed by atoms with Crippen LogP contribution in [0.2, 0.25) is 0 Å². The Labute approximate surface area is 483 Å². The maximum atomic E-state index is 14.3. The van der Waals surface area contributed by atoms with Gasteiger partial charge >= 0.3 is 0 Å². The number of nitrogens with zero attached hydrogens (tertiary/aromatic N) is 5. The standard InChI is InChI=1S/C63H74N6O10S2/c1-63(2,81-80-27-13-20-60(70)66-46-16-7-6-8-17-46)41-67(21-22-76-25-26-77-24-23-73-3)47-29-42(39-78-58-35-52-50(33-56(58)74-4)61(71)68-48(37-64-52)31-44-14-9-11-18-54(44)68)28-43(30-47)40-79-59-36-53-51(34-57(59)75-5)62(72)69-49(38-65-53)32-45-15-10-12-19-55(45)69/h9-12,14-15,18-19,28-30,33-38,46,48-49H,6-8,13,16-17,20-27,31-32,39-41H2,1-5H3,(H,66,70). The van der Waals surface area contributed by atoms with Crippen LogP contribution in [-0.4, -0.2) is 126 Å². The van der Waals surface area contributed by atoms with E-state index in [9.17, 15) is 14.4 Å². The van der Waals surface area contributed by atoms with Gasteiger partial charge in [0.15, 0.2) is 23.0 Å². The molecule has 1 fully saturated rings. The molecule has 0 radical (unpaired) electrons. The van der Waals surface area contributed by atoms with Gasteiger partial charge in [-0.2, -0.15) is 0 Å². The molecule has 10 rings (SSSR count). The first kappa shape index (κ1) is 57.7. The topological polar surface area (TPSA) is 162 Å². The summed E-state index contributed by atoms with van der Waals surface area (Å²) in [6.45, 7) is 8.33. The van der Waals surface area contributed by atoms with Gasteiger partial charge in [-0.15, -0.1) is 0 Å². The van der Waals surface area contributed by atoms with Crippen LogP contribution in [0.3, 0.4) is 0 Å². The van der Waals surface area contributed by atoms with Crippen LogP contribution in [0, 0.1) is 0 Å². The lowest BCUT2D eigenvalue weighted by Crippen LogP contribution is -2.38. The second-order valence-electron chi connectivity index (χ2n) is 21.6. The average Bonchev–Trinajstić information content (AvgIpc) is 3.99. The van der Waals surface area contributed by atoms with Gasteiger partial charge in [0.1, 0.15) is 13.2 Å². The third-order valence-corrected chi connectivity index (χ3v) is 18.6. The number of amides is 3. The Morgan fingerprint density at radius 3 is 1.78 bits per heavy atom. The summed E-state index contributed by atoms with van der Waals surface area (Å²) >= 11 is 0. The van der Waals surface area contributed by atoms with Crippen LogP contribution >= 0.6 is 21.6 Å². The monoisotopic (exact) mass is 1140 g/mol. The van der Waals surface area contributed by atoms with E-state index in [1.807, 2.05) is 69.4 Å². The molecule has 0 spiro atoms. The molecule has 1 saturated carbocycles. The number of hydrogen-bond donors (Lipinski definition) is 1. The Balaban J connectivity index is 0.910. The molecule has 5 aliphatic rings. The highest BCUT2D eigenvalue weighted by atomic mass is 33.1. The second kappa shape index (κ2) is 27.0. The fraction of sp³-hybridized carbons (Fsp3) is 0.444. The zero-order chi connectivity index (χ0) is 56.3. The van der Waals surface area contributed by atoms with Gasteiger partial charge in [-0.25, -0.2) is 0 Å². The Kier molecular flexibility index (Phi) is 19.2. The number of benzene rings is 5. The number of fused-ring (bicyclic) bond motifs is 8. The predicted molar refractivity (Wildman–Crippen MR) is 323 cm³/mol. The average molecular weight is 1140 g/mol. The van der Waals surface area contributed by atoms with E-state index in [-0.39, 0.29) is 47.8 Å². The van der Waals surface area contributed by atoms with Gasteiger partial charge in [-0.3, -0.25) is 34.2 Å². The summed E-state index contributed by atoms with van der Waals surface area (Å²) in [6.07, 6.45) is 12.2. The molecule has 0 saturated heterocycles. The number of hydrogen-bond acceptors (Lipinski definition) is 15. The summed E-state index contributed by atoms with van der Waals surface area (Å²) in [7, 11) is 8.42. The van der Waals surface area contributed by atoms with Crippen LogP contribution in [0.4, 0.5) is 28.4 Å². The molecule has 4 heterocycles. The number of methoxy groups -OCH3 is 3. The minimum absolute atomic E-state index is 0.140. The van der Waals surface area contributed by atoms with Crippen molar-refractivity contribution >= 4 is 80.2 Å². The molecule has 0 bridgehead atoms. The molecule has 81 heavy (non-hydrogen) atoms. The quantitative estimate of drug-likeness (QED) is 0.0391. The lowest BCUT2D eigenvalue weighted by molar-refractivity contribution is -0.122. The normalized spacial score (nSPS) is 17.1. The van der Waals surface area contributed by atoms with Gasteiger partial charge in [0, 0.05) is 97.6 Å². The number of carbonyl (C=O) groups is 3. The van der Waals surface area contributed by atoms with E-state index in [1.54, 1.807) is 56.4 Å². The summed E-state index contributed by atoms with van der Waals surface area (Å²) in [6, 6.07) is 29.2. The molecule has 18 heteroatoms. The van der Waals surface area contributed by atoms with E-state index < -0.39 is 0 Å². The van der Waals surface area contributed by atoms with Crippen molar-refractivity contribution in [2.24, 2.45) is 9.98 Å². The smallest absolute Gasteiger partial charge is 0.261 e. The predicted octanol–water partition coefficient (Wildman–Crippen LogP) is 11.3. The zero-order valence-corrected chi connectivity index (χ0v) is 48.8. The molecule has 5 aromatic carbocycles. The molecule has 428 valence electrons. The van der Waals surface area contributed by atoms with Gasteiger partial charge in [0.2, 0.25) is 5.91 Å². The first-order valence-electron chi connectivity index (χ1n) is 28.2.